The van der Waals surface area contributed by atoms with E-state index >= 15 is 0 Å². The Balaban J connectivity index is 1.88. The molecule has 174 valence electrons. The van der Waals surface area contributed by atoms with Gasteiger partial charge in [0.05, 0.1) is 29.0 Å². The minimum atomic E-state index is -0.538. The number of nitrogens with zero attached hydrogens (tertiary/aromatic N) is 2. The Hall–Kier alpha value is -3.57. The van der Waals surface area contributed by atoms with Crippen molar-refractivity contribution in [2.45, 2.75) is 34.6 Å². The first-order valence-electron chi connectivity index (χ1n) is 11.0. The van der Waals surface area contributed by atoms with Crippen LogP contribution in [0.5, 0.6) is 0 Å². The Morgan fingerprint density at radius 1 is 0.971 bits per heavy atom. The van der Waals surface area contributed by atoms with Crippen LogP contribution in [-0.2, 0) is 14.3 Å². The smallest absolute Gasteiger partial charge is 0.340 e. The fraction of sp³-hybridized carbons (Fsp3) is 0.214. The minimum absolute atomic E-state index is 0.259. The third-order valence-corrected chi connectivity index (χ3v) is 6.44. The molecule has 0 bridgehead atoms. The molecule has 2 heterocycles. The summed E-state index contributed by atoms with van der Waals surface area (Å²) in [6.07, 6.45) is 1.77. The van der Waals surface area contributed by atoms with Gasteiger partial charge in [-0.1, -0.05) is 29.8 Å². The number of methoxy groups -OCH3 is 1. The minimum Gasteiger partial charge on any atom is -0.465 e. The highest BCUT2D eigenvalue weighted by atomic mass is 35.5. The van der Waals surface area contributed by atoms with E-state index in [1.165, 1.54) is 7.11 Å². The Morgan fingerprint density at radius 2 is 1.62 bits per heavy atom. The van der Waals surface area contributed by atoms with Gasteiger partial charge >= 0.3 is 5.97 Å². The van der Waals surface area contributed by atoms with E-state index in [4.69, 9.17) is 16.3 Å². The van der Waals surface area contributed by atoms with Crippen LogP contribution < -0.4 is 4.90 Å². The van der Waals surface area contributed by atoms with E-state index in [0.29, 0.717) is 16.3 Å². The maximum Gasteiger partial charge on any atom is 0.340 e. The molecular weight excluding hydrogens is 448 g/mol. The zero-order valence-corrected chi connectivity index (χ0v) is 20.9. The van der Waals surface area contributed by atoms with Crippen LogP contribution in [-0.4, -0.2) is 23.6 Å². The number of rotatable bonds is 4. The SMILES string of the molecule is COC(=O)C1=C(C)N(c2cc(C)cc(C)c2)C(=O)/C1=C\c1cc(C)n(-c2ccccc2Cl)c1C. The lowest BCUT2D eigenvalue weighted by Gasteiger charge is -2.19. The van der Waals surface area contributed by atoms with E-state index in [-0.39, 0.29) is 11.5 Å². The molecule has 0 fully saturated rings. The summed E-state index contributed by atoms with van der Waals surface area (Å²) in [7, 11) is 1.33. The van der Waals surface area contributed by atoms with Crippen molar-refractivity contribution >= 4 is 35.2 Å². The number of para-hydroxylation sites is 1. The highest BCUT2D eigenvalue weighted by molar-refractivity contribution is 6.32. The van der Waals surface area contributed by atoms with Gasteiger partial charge in [-0.3, -0.25) is 9.69 Å². The number of ether oxygens (including phenoxy) is 1. The van der Waals surface area contributed by atoms with Crippen molar-refractivity contribution in [3.8, 4) is 5.69 Å². The second-order valence-electron chi connectivity index (χ2n) is 8.61. The lowest BCUT2D eigenvalue weighted by Crippen LogP contribution is -2.24. The molecule has 4 rings (SSSR count). The van der Waals surface area contributed by atoms with Crippen LogP contribution in [0.4, 0.5) is 5.69 Å². The number of carbonyl (C=O) groups excluding carboxylic acids is 2. The number of aromatic nitrogens is 1. The predicted molar refractivity (Wildman–Crippen MR) is 136 cm³/mol. The molecule has 3 aromatic rings. The molecule has 2 aromatic carbocycles. The summed E-state index contributed by atoms with van der Waals surface area (Å²) in [5.74, 6) is -0.797. The van der Waals surface area contributed by atoms with E-state index in [0.717, 1.165) is 39.5 Å². The number of amides is 1. The summed E-state index contributed by atoms with van der Waals surface area (Å²) in [5, 5.41) is 0.632. The van der Waals surface area contributed by atoms with Gasteiger partial charge in [-0.15, -0.1) is 0 Å². The molecule has 0 spiro atoms. The molecule has 0 radical (unpaired) electrons. The lowest BCUT2D eigenvalue weighted by molar-refractivity contribution is -0.136. The fourth-order valence-electron chi connectivity index (χ4n) is 4.66. The normalized spacial score (nSPS) is 15.0. The van der Waals surface area contributed by atoms with Gasteiger partial charge in [0, 0.05) is 22.8 Å². The third-order valence-electron chi connectivity index (χ3n) is 6.12. The Bertz CT molecular complexity index is 1370. The molecule has 1 aliphatic heterocycles. The molecule has 1 aliphatic rings. The fourth-order valence-corrected chi connectivity index (χ4v) is 4.88. The number of allylic oxidation sites excluding steroid dienone is 1. The van der Waals surface area contributed by atoms with E-state index in [2.05, 4.69) is 0 Å². The van der Waals surface area contributed by atoms with Crippen molar-refractivity contribution in [3.05, 3.63) is 98.5 Å². The molecule has 0 saturated carbocycles. The average molecular weight is 475 g/mol. The maximum atomic E-state index is 13.7. The highest BCUT2D eigenvalue weighted by Crippen LogP contribution is 2.37. The first-order chi connectivity index (χ1) is 16.1. The Morgan fingerprint density at radius 3 is 2.24 bits per heavy atom. The zero-order chi connectivity index (χ0) is 24.7. The second-order valence-corrected chi connectivity index (χ2v) is 9.02. The van der Waals surface area contributed by atoms with E-state index in [1.807, 2.05) is 80.8 Å². The summed E-state index contributed by atoms with van der Waals surface area (Å²) < 4.78 is 7.10. The molecule has 0 N–H and O–H groups in total. The van der Waals surface area contributed by atoms with Crippen LogP contribution in [0.25, 0.3) is 11.8 Å². The molecule has 0 unspecified atom stereocenters. The number of esters is 1. The quantitative estimate of drug-likeness (QED) is 0.332. The largest absolute Gasteiger partial charge is 0.465 e. The number of anilines is 1. The highest BCUT2D eigenvalue weighted by Gasteiger charge is 2.38. The maximum absolute atomic E-state index is 13.7. The molecule has 1 amide bonds. The summed E-state index contributed by atoms with van der Waals surface area (Å²) in [5.41, 5.74) is 7.51. The van der Waals surface area contributed by atoms with Crippen molar-refractivity contribution < 1.29 is 14.3 Å². The van der Waals surface area contributed by atoms with Crippen molar-refractivity contribution in [2.24, 2.45) is 0 Å². The lowest BCUT2D eigenvalue weighted by atomic mass is 10.0. The molecule has 0 aliphatic carbocycles. The number of hydrogen-bond acceptors (Lipinski definition) is 3. The van der Waals surface area contributed by atoms with E-state index < -0.39 is 5.97 Å². The van der Waals surface area contributed by atoms with Gasteiger partial charge in [-0.25, -0.2) is 4.79 Å². The van der Waals surface area contributed by atoms with Gasteiger partial charge in [0.1, 0.15) is 0 Å². The number of aryl methyl sites for hydroxylation is 3. The van der Waals surface area contributed by atoms with Crippen molar-refractivity contribution in [1.82, 2.24) is 4.57 Å². The van der Waals surface area contributed by atoms with Crippen LogP contribution in [0.2, 0.25) is 5.02 Å². The van der Waals surface area contributed by atoms with Crippen LogP contribution in [0.1, 0.15) is 35.0 Å². The number of carbonyl (C=O) groups is 2. The van der Waals surface area contributed by atoms with E-state index in [9.17, 15) is 9.59 Å². The standard InChI is InChI=1S/C28H27ClN2O3/c1-16-11-17(2)13-22(12-16)31-20(5)26(28(33)34-6)23(27(31)32)15-21-14-18(3)30(19(21)4)25-10-8-7-9-24(25)29/h7-15H,1-6H3/b23-15-. The van der Waals surface area contributed by atoms with Gasteiger partial charge in [-0.05, 0) is 87.7 Å². The third kappa shape index (κ3) is 3.97. The van der Waals surface area contributed by atoms with Gasteiger partial charge in [0.25, 0.3) is 5.91 Å². The molecule has 5 nitrogen and oxygen atoms in total. The molecule has 0 saturated heterocycles. The molecular formula is C28H27ClN2O3. The Kier molecular flexibility index (Phi) is 6.24. The van der Waals surface area contributed by atoms with Gasteiger partial charge in [0.2, 0.25) is 0 Å². The van der Waals surface area contributed by atoms with Crippen LogP contribution in [0.15, 0.2) is 65.4 Å². The zero-order valence-electron chi connectivity index (χ0n) is 20.2. The summed E-state index contributed by atoms with van der Waals surface area (Å²) >= 11 is 6.45. The molecule has 34 heavy (non-hydrogen) atoms. The molecule has 0 atom stereocenters. The number of benzene rings is 2. The van der Waals surface area contributed by atoms with Crippen LogP contribution in [0.3, 0.4) is 0 Å². The number of halogens is 1. The van der Waals surface area contributed by atoms with Crippen molar-refractivity contribution in [2.75, 3.05) is 12.0 Å². The first-order valence-corrected chi connectivity index (χ1v) is 11.4. The molecule has 6 heteroatoms. The van der Waals surface area contributed by atoms with Crippen LogP contribution >= 0.6 is 11.6 Å². The number of hydrogen-bond donors (Lipinski definition) is 0. The van der Waals surface area contributed by atoms with E-state index in [1.54, 1.807) is 17.9 Å². The summed E-state index contributed by atoms with van der Waals surface area (Å²) in [6.45, 7) is 9.70. The van der Waals surface area contributed by atoms with Gasteiger partial charge in [0.15, 0.2) is 0 Å². The molecule has 1 aromatic heterocycles. The second kappa shape index (κ2) is 8.99. The Labute approximate surface area is 204 Å². The van der Waals surface area contributed by atoms with Crippen LogP contribution in [0, 0.1) is 27.7 Å². The summed E-state index contributed by atoms with van der Waals surface area (Å²) in [6, 6.07) is 15.5. The average Bonchev–Trinajstić information content (AvgIpc) is 3.19. The predicted octanol–water partition coefficient (Wildman–Crippen LogP) is 6.24. The first kappa shape index (κ1) is 23.6. The van der Waals surface area contributed by atoms with Gasteiger partial charge in [-0.2, -0.15) is 0 Å². The monoisotopic (exact) mass is 474 g/mol. The summed E-state index contributed by atoms with van der Waals surface area (Å²) in [4.78, 5) is 28.1. The topological polar surface area (TPSA) is 51.5 Å². The van der Waals surface area contributed by atoms with Crippen molar-refractivity contribution in [3.63, 3.8) is 0 Å². The van der Waals surface area contributed by atoms with Crippen molar-refractivity contribution in [1.29, 1.82) is 0 Å². The van der Waals surface area contributed by atoms with Gasteiger partial charge < -0.3 is 9.30 Å².